The van der Waals surface area contributed by atoms with Crippen molar-refractivity contribution in [2.24, 2.45) is 0 Å². The number of nitrogens with zero attached hydrogens (tertiary/aromatic N) is 2. The van der Waals surface area contributed by atoms with Gasteiger partial charge in [0.05, 0.1) is 11.7 Å². The summed E-state index contributed by atoms with van der Waals surface area (Å²) in [6.45, 7) is 0.612. The van der Waals surface area contributed by atoms with Crippen LogP contribution in [0.25, 0.3) is 0 Å². The van der Waals surface area contributed by atoms with Crippen molar-refractivity contribution in [3.63, 3.8) is 0 Å². The topological polar surface area (TPSA) is 76.4 Å². The van der Waals surface area contributed by atoms with Crippen molar-refractivity contribution in [2.45, 2.75) is 44.2 Å². The van der Waals surface area contributed by atoms with Crippen molar-refractivity contribution < 1.29 is 9.90 Å². The third-order valence-electron chi connectivity index (χ3n) is 3.99. The highest BCUT2D eigenvalue weighted by Gasteiger charge is 2.26. The number of aliphatic hydroxyl groups is 1. The second kappa shape index (κ2) is 7.55. The molecule has 2 N–H and O–H groups in total. The van der Waals surface area contributed by atoms with Crippen LogP contribution in [0.5, 0.6) is 0 Å². The largest absolute Gasteiger partial charge is 0.391 e. The number of amides is 1. The number of nitrogens with one attached hydrogen (secondary N) is 1. The van der Waals surface area contributed by atoms with Crippen molar-refractivity contribution >= 4 is 22.2 Å². The highest BCUT2D eigenvalue weighted by atomic mass is 32.1. The lowest BCUT2D eigenvalue weighted by atomic mass is 9.91. The van der Waals surface area contributed by atoms with Crippen LogP contribution in [0.2, 0.25) is 0 Å². The van der Waals surface area contributed by atoms with Gasteiger partial charge < -0.3 is 15.3 Å². The number of hydrogen-bond donors (Lipinski definition) is 2. The van der Waals surface area contributed by atoms with Crippen LogP contribution in [0, 0.1) is 11.3 Å². The van der Waals surface area contributed by atoms with Crippen molar-refractivity contribution in [1.82, 2.24) is 4.90 Å². The molecule has 2 atom stereocenters. The Morgan fingerprint density at radius 3 is 3.05 bits per heavy atom. The third kappa shape index (κ3) is 4.27. The fraction of sp³-hybridized carbons (Fsp3) is 0.600. The lowest BCUT2D eigenvalue weighted by Crippen LogP contribution is -2.44. The van der Waals surface area contributed by atoms with Gasteiger partial charge in [0.15, 0.2) is 0 Å². The molecule has 6 heteroatoms. The average molecular weight is 307 g/mol. The van der Waals surface area contributed by atoms with E-state index in [0.717, 1.165) is 25.7 Å². The molecule has 21 heavy (non-hydrogen) atoms. The highest BCUT2D eigenvalue weighted by molar-refractivity contribution is 7.14. The third-order valence-corrected chi connectivity index (χ3v) is 4.82. The molecule has 0 bridgehead atoms. The monoisotopic (exact) mass is 307 g/mol. The normalized spacial score (nSPS) is 22.0. The molecule has 0 aliphatic heterocycles. The van der Waals surface area contributed by atoms with Crippen molar-refractivity contribution in [3.8, 4) is 6.07 Å². The van der Waals surface area contributed by atoms with Gasteiger partial charge in [0.1, 0.15) is 11.1 Å². The van der Waals surface area contributed by atoms with Crippen LogP contribution < -0.4 is 5.32 Å². The zero-order valence-corrected chi connectivity index (χ0v) is 13.0. The minimum atomic E-state index is -0.283. The van der Waals surface area contributed by atoms with E-state index in [4.69, 9.17) is 5.26 Å². The number of rotatable bonds is 5. The SMILES string of the molecule is CN(CCC(=O)Nc1sccc1C#N)C1CCCCC1O. The minimum absolute atomic E-state index is 0.0916. The van der Waals surface area contributed by atoms with Crippen molar-refractivity contribution in [3.05, 3.63) is 17.0 Å². The zero-order chi connectivity index (χ0) is 15.2. The van der Waals surface area contributed by atoms with E-state index in [0.29, 0.717) is 23.5 Å². The summed E-state index contributed by atoms with van der Waals surface area (Å²) < 4.78 is 0. The van der Waals surface area contributed by atoms with Crippen LogP contribution in [-0.2, 0) is 4.79 Å². The van der Waals surface area contributed by atoms with E-state index >= 15 is 0 Å². The Morgan fingerprint density at radius 1 is 1.57 bits per heavy atom. The molecule has 2 unspecified atom stereocenters. The molecular formula is C15H21N3O2S. The van der Waals surface area contributed by atoms with Gasteiger partial charge in [-0.3, -0.25) is 4.79 Å². The van der Waals surface area contributed by atoms with E-state index in [2.05, 4.69) is 16.3 Å². The molecule has 1 amide bonds. The average Bonchev–Trinajstić information content (AvgIpc) is 2.92. The van der Waals surface area contributed by atoms with Crippen LogP contribution >= 0.6 is 11.3 Å². The maximum absolute atomic E-state index is 11.9. The number of thiophene rings is 1. The van der Waals surface area contributed by atoms with Crippen LogP contribution in [0.1, 0.15) is 37.7 Å². The van der Waals surface area contributed by atoms with Crippen LogP contribution in [-0.4, -0.2) is 41.7 Å². The van der Waals surface area contributed by atoms with Gasteiger partial charge in [0.25, 0.3) is 0 Å². The molecule has 5 nitrogen and oxygen atoms in total. The molecule has 0 aromatic carbocycles. The second-order valence-corrected chi connectivity index (χ2v) is 6.39. The molecule has 2 rings (SSSR count). The molecule has 0 saturated heterocycles. The molecule has 1 heterocycles. The summed E-state index contributed by atoms with van der Waals surface area (Å²) in [6.07, 6.45) is 4.14. The summed E-state index contributed by atoms with van der Waals surface area (Å²) in [4.78, 5) is 14.0. The Morgan fingerprint density at radius 2 is 2.33 bits per heavy atom. The first kappa shape index (κ1) is 16.0. The van der Waals surface area contributed by atoms with E-state index in [9.17, 15) is 9.90 Å². The minimum Gasteiger partial charge on any atom is -0.391 e. The number of nitriles is 1. The van der Waals surface area contributed by atoms with Gasteiger partial charge in [0.2, 0.25) is 5.91 Å². The second-order valence-electron chi connectivity index (χ2n) is 5.47. The number of carbonyl (C=O) groups is 1. The molecule has 114 valence electrons. The maximum Gasteiger partial charge on any atom is 0.226 e. The van der Waals surface area contributed by atoms with Crippen LogP contribution in [0.15, 0.2) is 11.4 Å². The Balaban J connectivity index is 1.79. The molecule has 1 aromatic heterocycles. The molecule has 0 spiro atoms. The first-order chi connectivity index (χ1) is 10.1. The number of anilines is 1. The molecular weight excluding hydrogens is 286 g/mol. The number of hydrogen-bond acceptors (Lipinski definition) is 5. The van der Waals surface area contributed by atoms with Crippen LogP contribution in [0.3, 0.4) is 0 Å². The van der Waals surface area contributed by atoms with Gasteiger partial charge in [-0.15, -0.1) is 11.3 Å². The van der Waals surface area contributed by atoms with E-state index in [1.807, 2.05) is 7.05 Å². The molecule has 1 saturated carbocycles. The van der Waals surface area contributed by atoms with Crippen molar-refractivity contribution in [1.29, 1.82) is 5.26 Å². The van der Waals surface area contributed by atoms with Gasteiger partial charge >= 0.3 is 0 Å². The van der Waals surface area contributed by atoms with E-state index in [1.54, 1.807) is 11.4 Å². The first-order valence-electron chi connectivity index (χ1n) is 7.27. The molecule has 1 aliphatic rings. The van der Waals surface area contributed by atoms with Crippen molar-refractivity contribution in [2.75, 3.05) is 18.9 Å². The summed E-state index contributed by atoms with van der Waals surface area (Å²) in [5, 5.41) is 24.1. The molecule has 1 fully saturated rings. The molecule has 0 radical (unpaired) electrons. The summed E-state index contributed by atoms with van der Waals surface area (Å²) in [7, 11) is 1.96. The van der Waals surface area contributed by atoms with Gasteiger partial charge in [0, 0.05) is 19.0 Å². The quantitative estimate of drug-likeness (QED) is 0.874. The summed E-state index contributed by atoms with van der Waals surface area (Å²) in [6, 6.07) is 3.91. The zero-order valence-electron chi connectivity index (χ0n) is 12.2. The fourth-order valence-electron chi connectivity index (χ4n) is 2.73. The fourth-order valence-corrected chi connectivity index (χ4v) is 3.49. The van der Waals surface area contributed by atoms with Crippen LogP contribution in [0.4, 0.5) is 5.00 Å². The number of aliphatic hydroxyl groups excluding tert-OH is 1. The maximum atomic E-state index is 11.9. The predicted octanol–water partition coefficient (Wildman–Crippen LogP) is 2.18. The van der Waals surface area contributed by atoms with Gasteiger partial charge in [-0.2, -0.15) is 5.26 Å². The van der Waals surface area contributed by atoms with E-state index in [-0.39, 0.29) is 18.1 Å². The Labute approximate surface area is 129 Å². The number of carbonyl (C=O) groups excluding carboxylic acids is 1. The summed E-state index contributed by atoms with van der Waals surface area (Å²) in [5.41, 5.74) is 0.504. The standard InChI is InChI=1S/C15H21N3O2S/c1-18(12-4-2-3-5-13(12)19)8-6-14(20)17-15-11(10-16)7-9-21-15/h7,9,12-13,19H,2-6,8H2,1H3,(H,17,20). The number of likely N-dealkylation sites (N-methyl/N-ethyl adjacent to an activating group) is 1. The summed E-state index contributed by atoms with van der Waals surface area (Å²) in [5.74, 6) is -0.0916. The van der Waals surface area contributed by atoms with Gasteiger partial charge in [-0.05, 0) is 31.3 Å². The van der Waals surface area contributed by atoms with E-state index in [1.165, 1.54) is 11.3 Å². The first-order valence-corrected chi connectivity index (χ1v) is 8.15. The molecule has 1 aromatic rings. The Hall–Kier alpha value is -1.42. The van der Waals surface area contributed by atoms with Gasteiger partial charge in [-0.25, -0.2) is 0 Å². The Kier molecular flexibility index (Phi) is 5.74. The predicted molar refractivity (Wildman–Crippen MR) is 83.2 cm³/mol. The van der Waals surface area contributed by atoms with E-state index < -0.39 is 0 Å². The van der Waals surface area contributed by atoms with Gasteiger partial charge in [-0.1, -0.05) is 12.8 Å². The molecule has 1 aliphatic carbocycles. The lowest BCUT2D eigenvalue weighted by Gasteiger charge is -2.35. The highest BCUT2D eigenvalue weighted by Crippen LogP contribution is 2.23. The lowest BCUT2D eigenvalue weighted by molar-refractivity contribution is -0.116. The smallest absolute Gasteiger partial charge is 0.226 e. The summed E-state index contributed by atoms with van der Waals surface area (Å²) >= 11 is 1.36. The Bertz CT molecular complexity index is 523.